The van der Waals surface area contributed by atoms with E-state index < -0.39 is 5.91 Å². The quantitative estimate of drug-likeness (QED) is 0.813. The van der Waals surface area contributed by atoms with Gasteiger partial charge in [-0.2, -0.15) is 0 Å². The molecule has 4 heterocycles. The molecule has 29 heavy (non-hydrogen) atoms. The van der Waals surface area contributed by atoms with Crippen molar-refractivity contribution in [1.82, 2.24) is 14.8 Å². The fraction of sp³-hybridized carbons (Fsp3) is 0.550. The van der Waals surface area contributed by atoms with E-state index in [0.29, 0.717) is 31.7 Å². The number of hydrogen-bond donors (Lipinski definition) is 2. The Morgan fingerprint density at radius 1 is 1.31 bits per heavy atom. The molecule has 2 aliphatic heterocycles. The van der Waals surface area contributed by atoms with Crippen LogP contribution in [0.2, 0.25) is 0 Å². The Hall–Kier alpha value is -2.65. The Morgan fingerprint density at radius 2 is 2.10 bits per heavy atom. The van der Waals surface area contributed by atoms with Crippen molar-refractivity contribution in [2.75, 3.05) is 38.2 Å². The number of pyridine rings is 1. The molecular formula is C20H27N5O4. The number of nitrogens with zero attached hydrogens (tertiary/aromatic N) is 3. The largest absolute Gasteiger partial charge is 0.430 e. The molecule has 0 bridgehead atoms. The van der Waals surface area contributed by atoms with E-state index in [4.69, 9.17) is 14.9 Å². The molecule has 3 N–H and O–H groups in total. The zero-order chi connectivity index (χ0) is 20.8. The predicted molar refractivity (Wildman–Crippen MR) is 108 cm³/mol. The molecule has 1 atom stereocenters. The van der Waals surface area contributed by atoms with Gasteiger partial charge in [0.15, 0.2) is 0 Å². The first kappa shape index (κ1) is 19.7. The van der Waals surface area contributed by atoms with E-state index in [1.54, 1.807) is 17.0 Å². The summed E-state index contributed by atoms with van der Waals surface area (Å²) in [6.07, 6.45) is 0.895. The Bertz CT molecular complexity index is 954. The van der Waals surface area contributed by atoms with Gasteiger partial charge in [0.05, 0.1) is 18.6 Å². The van der Waals surface area contributed by atoms with Gasteiger partial charge < -0.3 is 25.1 Å². The summed E-state index contributed by atoms with van der Waals surface area (Å²) in [6.45, 7) is 9.67. The smallest absolute Gasteiger partial charge is 0.322 e. The summed E-state index contributed by atoms with van der Waals surface area (Å²) in [5.74, 6) is -0.832. The number of nitrogens with two attached hydrogens (primary N) is 1. The summed E-state index contributed by atoms with van der Waals surface area (Å²) in [5, 5.41) is 3.39. The number of furan rings is 1. The third-order valence-corrected chi connectivity index (χ3v) is 5.75. The van der Waals surface area contributed by atoms with Crippen molar-refractivity contribution in [1.29, 1.82) is 0 Å². The number of carbonyl (C=O) groups excluding carboxylic acids is 2. The number of nitrogens with one attached hydrogen (secondary N) is 1. The van der Waals surface area contributed by atoms with E-state index in [-0.39, 0.29) is 34.8 Å². The summed E-state index contributed by atoms with van der Waals surface area (Å²) in [7, 11) is 0. The van der Waals surface area contributed by atoms with Crippen molar-refractivity contribution in [3.8, 4) is 0 Å². The highest BCUT2D eigenvalue weighted by atomic mass is 16.5. The Balaban J connectivity index is 1.52. The molecule has 0 unspecified atom stereocenters. The summed E-state index contributed by atoms with van der Waals surface area (Å²) >= 11 is 0. The molecule has 2 saturated heterocycles. The lowest BCUT2D eigenvalue weighted by molar-refractivity contribution is -0.0692. The van der Waals surface area contributed by atoms with Crippen molar-refractivity contribution in [2.24, 2.45) is 5.73 Å². The third kappa shape index (κ3) is 3.67. The first-order chi connectivity index (χ1) is 13.8. The number of fused-ring (bicyclic) bond motifs is 1. The van der Waals surface area contributed by atoms with Gasteiger partial charge in [0, 0.05) is 36.9 Å². The number of primary amides is 1. The van der Waals surface area contributed by atoms with Crippen LogP contribution >= 0.6 is 0 Å². The minimum atomic E-state index is -0.745. The molecule has 2 aromatic rings. The molecule has 9 nitrogen and oxygen atoms in total. The lowest BCUT2D eigenvalue weighted by Crippen LogP contribution is -2.57. The van der Waals surface area contributed by atoms with Crippen LogP contribution in [-0.4, -0.2) is 71.2 Å². The number of morpholine rings is 1. The molecule has 0 spiro atoms. The van der Waals surface area contributed by atoms with E-state index in [1.807, 2.05) is 6.92 Å². The number of rotatable bonds is 3. The third-order valence-electron chi connectivity index (χ3n) is 5.75. The van der Waals surface area contributed by atoms with E-state index in [2.05, 4.69) is 29.0 Å². The van der Waals surface area contributed by atoms with E-state index in [9.17, 15) is 9.59 Å². The molecular weight excluding hydrogens is 374 g/mol. The molecule has 0 saturated carbocycles. The first-order valence-corrected chi connectivity index (χ1v) is 9.86. The molecule has 0 aliphatic carbocycles. The van der Waals surface area contributed by atoms with Crippen LogP contribution < -0.4 is 11.1 Å². The standard InChI is InChI=1S/C20H27N5O4/c1-12-4-5-14-15(16(17(21)26)29-18(14)22-12)23-19(27)24-7-6-13(10-24)25-8-9-28-11-20(25,2)3/h4-5,13H,6-11H2,1-3H3,(H2,21,26)(H,23,27)/t13-/m1/s1. The van der Waals surface area contributed by atoms with Gasteiger partial charge in [-0.3, -0.25) is 9.69 Å². The maximum Gasteiger partial charge on any atom is 0.322 e. The maximum atomic E-state index is 12.9. The Morgan fingerprint density at radius 3 is 2.83 bits per heavy atom. The van der Waals surface area contributed by atoms with Gasteiger partial charge in [-0.15, -0.1) is 0 Å². The number of ether oxygens (including phenoxy) is 1. The molecule has 4 rings (SSSR count). The number of aryl methyl sites for hydroxylation is 1. The van der Waals surface area contributed by atoms with Crippen LogP contribution in [0.3, 0.4) is 0 Å². The van der Waals surface area contributed by atoms with Crippen molar-refractivity contribution < 1.29 is 18.7 Å². The number of carbonyl (C=O) groups is 2. The van der Waals surface area contributed by atoms with Gasteiger partial charge >= 0.3 is 6.03 Å². The predicted octanol–water partition coefficient (Wildman–Crippen LogP) is 1.95. The second-order valence-corrected chi connectivity index (χ2v) is 8.35. The van der Waals surface area contributed by atoms with Crippen LogP contribution in [0.25, 0.3) is 11.1 Å². The summed E-state index contributed by atoms with van der Waals surface area (Å²) in [6, 6.07) is 3.57. The molecule has 2 aromatic heterocycles. The van der Waals surface area contributed by atoms with Gasteiger partial charge in [-0.05, 0) is 39.3 Å². The lowest BCUT2D eigenvalue weighted by atomic mass is 9.99. The first-order valence-electron chi connectivity index (χ1n) is 9.86. The normalized spacial score (nSPS) is 22.2. The van der Waals surface area contributed by atoms with Crippen LogP contribution in [0, 0.1) is 6.92 Å². The van der Waals surface area contributed by atoms with Crippen LogP contribution in [0.5, 0.6) is 0 Å². The van der Waals surface area contributed by atoms with Crippen molar-refractivity contribution in [3.63, 3.8) is 0 Å². The SMILES string of the molecule is Cc1ccc2c(NC(=O)N3CC[C@@H](N4CCOCC4(C)C)C3)c(C(N)=O)oc2n1. The topological polar surface area (TPSA) is 114 Å². The average Bonchev–Trinajstić information content (AvgIpc) is 3.26. The highest BCUT2D eigenvalue weighted by Crippen LogP contribution is 2.31. The number of likely N-dealkylation sites (tertiary alicyclic amines) is 1. The van der Waals surface area contributed by atoms with E-state index in [0.717, 1.165) is 18.7 Å². The van der Waals surface area contributed by atoms with Crippen LogP contribution in [0.1, 0.15) is 36.5 Å². The van der Waals surface area contributed by atoms with Crippen molar-refractivity contribution >= 4 is 28.7 Å². The number of urea groups is 1. The Labute approximate surface area is 169 Å². The number of aromatic nitrogens is 1. The summed E-state index contributed by atoms with van der Waals surface area (Å²) < 4.78 is 11.1. The minimum Gasteiger partial charge on any atom is -0.430 e. The van der Waals surface area contributed by atoms with E-state index in [1.165, 1.54) is 0 Å². The van der Waals surface area contributed by atoms with Crippen molar-refractivity contribution in [3.05, 3.63) is 23.6 Å². The number of hydrogen-bond acceptors (Lipinski definition) is 6. The number of anilines is 1. The van der Waals surface area contributed by atoms with Crippen LogP contribution in [0.4, 0.5) is 10.5 Å². The molecule has 9 heteroatoms. The summed E-state index contributed by atoms with van der Waals surface area (Å²) in [5.41, 5.74) is 6.70. The average molecular weight is 401 g/mol. The number of amides is 3. The van der Waals surface area contributed by atoms with Crippen LogP contribution in [-0.2, 0) is 4.74 Å². The van der Waals surface area contributed by atoms with Gasteiger partial charge in [-0.25, -0.2) is 9.78 Å². The van der Waals surface area contributed by atoms with E-state index >= 15 is 0 Å². The highest BCUT2D eigenvalue weighted by molar-refractivity contribution is 6.09. The Kier molecular flexibility index (Phi) is 4.95. The monoisotopic (exact) mass is 401 g/mol. The zero-order valence-corrected chi connectivity index (χ0v) is 17.0. The van der Waals surface area contributed by atoms with Crippen molar-refractivity contribution in [2.45, 2.75) is 38.8 Å². The molecule has 0 aromatic carbocycles. The lowest BCUT2D eigenvalue weighted by Gasteiger charge is -2.45. The fourth-order valence-electron chi connectivity index (χ4n) is 4.28. The highest BCUT2D eigenvalue weighted by Gasteiger charge is 2.39. The minimum absolute atomic E-state index is 0.0567. The zero-order valence-electron chi connectivity index (χ0n) is 17.0. The van der Waals surface area contributed by atoms with Gasteiger partial charge in [0.25, 0.3) is 5.91 Å². The molecule has 3 amide bonds. The fourth-order valence-corrected chi connectivity index (χ4v) is 4.28. The molecule has 156 valence electrons. The second kappa shape index (κ2) is 7.31. The van der Waals surface area contributed by atoms with Gasteiger partial charge in [-0.1, -0.05) is 0 Å². The molecule has 2 aliphatic rings. The summed E-state index contributed by atoms with van der Waals surface area (Å²) in [4.78, 5) is 33.2. The van der Waals surface area contributed by atoms with Crippen LogP contribution in [0.15, 0.2) is 16.5 Å². The van der Waals surface area contributed by atoms with Gasteiger partial charge in [0.1, 0.15) is 5.69 Å². The second-order valence-electron chi connectivity index (χ2n) is 8.35. The van der Waals surface area contributed by atoms with Gasteiger partial charge in [0.2, 0.25) is 11.5 Å². The maximum absolute atomic E-state index is 12.9. The molecule has 2 fully saturated rings. The molecule has 0 radical (unpaired) electrons.